The molecule has 0 aliphatic carbocycles. The van der Waals surface area contributed by atoms with Crippen molar-refractivity contribution < 1.29 is 70.1 Å². The van der Waals surface area contributed by atoms with Gasteiger partial charge in [0, 0.05) is 69.7 Å². The Hall–Kier alpha value is -2.52. The minimum Gasteiger partial charge on any atom is -0.458 e. The first-order valence-corrected chi connectivity index (χ1v) is 25.7. The number of aliphatic imine (C=N–C) groups is 1. The molecule has 2 aliphatic heterocycles. The van der Waals surface area contributed by atoms with Gasteiger partial charge in [-0.05, 0) is 82.0 Å². The maximum atomic E-state index is 13.5. The highest BCUT2D eigenvalue weighted by Gasteiger charge is 2.51. The Morgan fingerprint density at radius 2 is 1.42 bits per heavy atom. The number of carbonyl (C=O) groups excluding carboxylic acids is 1. The van der Waals surface area contributed by atoms with Crippen molar-refractivity contribution in [3.63, 3.8) is 0 Å². The van der Waals surface area contributed by atoms with Crippen LogP contribution in [0.25, 0.3) is 0 Å². The van der Waals surface area contributed by atoms with Gasteiger partial charge < -0.3 is 76.3 Å². The number of hydrogen-bond donors (Lipinski definition) is 12. The van der Waals surface area contributed by atoms with Gasteiger partial charge in [0.15, 0.2) is 11.7 Å². The third-order valence-corrected chi connectivity index (χ3v) is 14.7. The number of ether oxygens (including phenoxy) is 3. The van der Waals surface area contributed by atoms with E-state index in [-0.39, 0.29) is 56.8 Å². The molecular weight excluding hydrogens is 891 g/mol. The zero-order chi connectivity index (χ0) is 52.0. The fourth-order valence-electron chi connectivity index (χ4n) is 9.57. The zero-order valence-corrected chi connectivity index (χ0v) is 43.2. The molecule has 0 aromatic carbocycles. The number of rotatable bonds is 12. The Labute approximate surface area is 413 Å². The van der Waals surface area contributed by atoms with Gasteiger partial charge in [0.2, 0.25) is 0 Å². The Morgan fingerprint density at radius 1 is 0.783 bits per heavy atom. The average molecular weight is 986 g/mol. The molecule has 13 N–H and O–H groups in total. The maximum Gasteiger partial charge on any atom is 0.330 e. The van der Waals surface area contributed by atoms with Gasteiger partial charge >= 0.3 is 5.97 Å². The molecule has 20 atom stereocenters. The maximum absolute atomic E-state index is 13.5. The minimum absolute atomic E-state index is 0.0555. The van der Waals surface area contributed by atoms with Crippen molar-refractivity contribution in [2.75, 3.05) is 20.7 Å². The number of methoxy groups -OCH3 is 1. The first kappa shape index (κ1) is 62.6. The van der Waals surface area contributed by atoms with E-state index < -0.39 is 109 Å². The van der Waals surface area contributed by atoms with Crippen molar-refractivity contribution in [1.82, 2.24) is 5.32 Å². The standard InChI is InChI=1S/C52H95N3O14/c1-31(16-14-12-10-11-13-15-23-55-51(53)54-8)24-35(5)49-34(4)18-21-42(59)36(6)44(61)27-39(57)25-38(56)26-40-28-46(63)50(66)52(67-9,69-40)30-47(64)33(3)17-20-41(58)37(7)45(62)29-43(60)32(2)19-22-48(65)68-49/h10-11,18-19,21-22,31-47,49-50,56-64,66H,12-17,20,23-30H2,1-9H3,(H3,53,54,55)/b11-10+,21-18+,22-19+/t31-,32+,33-,34+,35-,36-,37+,38+,39+,40+,41-,42+,43+,44-,45-,46-,47+,49-,50-,52+/m0/s1. The summed E-state index contributed by atoms with van der Waals surface area (Å²) in [6.07, 6.45) is 2.61. The smallest absolute Gasteiger partial charge is 0.330 e. The average Bonchev–Trinajstić information content (AvgIpc) is 3.30. The van der Waals surface area contributed by atoms with Crippen LogP contribution < -0.4 is 11.1 Å². The van der Waals surface area contributed by atoms with Crippen molar-refractivity contribution in [3.8, 4) is 0 Å². The minimum atomic E-state index is -1.84. The number of unbranched alkanes of at least 4 members (excludes halogenated alkanes) is 2. The molecule has 69 heavy (non-hydrogen) atoms. The molecular formula is C52H95N3O14. The van der Waals surface area contributed by atoms with E-state index in [9.17, 15) is 55.9 Å². The number of nitrogens with one attached hydrogen (secondary N) is 1. The number of esters is 1. The van der Waals surface area contributed by atoms with Crippen molar-refractivity contribution in [2.24, 2.45) is 52.2 Å². The number of guanidine groups is 1. The molecule has 17 nitrogen and oxygen atoms in total. The molecule has 0 amide bonds. The zero-order valence-electron chi connectivity index (χ0n) is 43.2. The van der Waals surface area contributed by atoms with E-state index in [4.69, 9.17) is 19.9 Å². The van der Waals surface area contributed by atoms with Gasteiger partial charge in [-0.25, -0.2) is 4.79 Å². The Morgan fingerprint density at radius 3 is 2.07 bits per heavy atom. The summed E-state index contributed by atoms with van der Waals surface area (Å²) in [5, 5.41) is 114. The highest BCUT2D eigenvalue weighted by molar-refractivity contribution is 5.82. The molecule has 1 saturated heterocycles. The molecule has 2 heterocycles. The SMILES string of the molecule is CN=C(N)NCCC/C=C/CCC[C@H](C)C[C@H](C)[C@H]1OC(=O)/C=C/[C@@H](C)[C@H](O)C[C@H](O)[C@H](C)[C@@H](O)CC[C@H](C)[C@H](O)C[C@@]2(OC)O[C@H](C[C@H](O)C[C@@H](O)C[C@H](O)[C@@H](C)[C@H](O)/C=C/[C@H]1C)C[C@H](O)[C@@H]2O. The highest BCUT2D eigenvalue weighted by atomic mass is 16.7. The van der Waals surface area contributed by atoms with Crippen molar-refractivity contribution in [3.05, 3.63) is 36.5 Å². The predicted octanol–water partition coefficient (Wildman–Crippen LogP) is 3.38. The Bertz CT molecular complexity index is 1550. The summed E-state index contributed by atoms with van der Waals surface area (Å²) in [5.41, 5.74) is 5.68. The molecule has 0 unspecified atom stereocenters. The van der Waals surface area contributed by atoms with Crippen LogP contribution in [0.5, 0.6) is 0 Å². The van der Waals surface area contributed by atoms with Crippen molar-refractivity contribution in [1.29, 1.82) is 0 Å². The van der Waals surface area contributed by atoms with Crippen LogP contribution in [0.2, 0.25) is 0 Å². The normalized spacial score (nSPS) is 40.3. The molecule has 2 rings (SSSR count). The van der Waals surface area contributed by atoms with E-state index in [1.807, 2.05) is 13.8 Å². The highest BCUT2D eigenvalue weighted by Crippen LogP contribution is 2.38. The number of nitrogens with zero attached hydrogens (tertiary/aromatic N) is 1. The molecule has 0 aromatic heterocycles. The van der Waals surface area contributed by atoms with Crippen molar-refractivity contribution in [2.45, 2.75) is 217 Å². The van der Waals surface area contributed by atoms with Crippen LogP contribution in [-0.4, -0.2) is 163 Å². The second kappa shape index (κ2) is 31.8. The Balaban J connectivity index is 2.30. The number of nitrogens with two attached hydrogens (primary N) is 1. The third-order valence-electron chi connectivity index (χ3n) is 14.7. The fourth-order valence-corrected chi connectivity index (χ4v) is 9.57. The summed E-state index contributed by atoms with van der Waals surface area (Å²) in [4.78, 5) is 17.3. The molecule has 1 fully saturated rings. The second-order valence-electron chi connectivity index (χ2n) is 20.8. The summed E-state index contributed by atoms with van der Waals surface area (Å²) in [5.74, 6) is -4.55. The van der Waals surface area contributed by atoms with Gasteiger partial charge in [-0.3, -0.25) is 4.99 Å². The number of allylic oxidation sites excluding steroid dienone is 2. The van der Waals surface area contributed by atoms with Gasteiger partial charge in [-0.1, -0.05) is 85.3 Å². The van der Waals surface area contributed by atoms with E-state index >= 15 is 0 Å². The monoisotopic (exact) mass is 986 g/mol. The number of carbonyl (C=O) groups is 1. The lowest BCUT2D eigenvalue weighted by Gasteiger charge is -2.47. The Kier molecular flexibility index (Phi) is 28.9. The molecule has 17 heteroatoms. The molecule has 0 saturated carbocycles. The summed E-state index contributed by atoms with van der Waals surface area (Å²) < 4.78 is 17.9. The van der Waals surface area contributed by atoms with E-state index in [0.717, 1.165) is 45.1 Å². The van der Waals surface area contributed by atoms with Crippen LogP contribution in [0.4, 0.5) is 0 Å². The van der Waals surface area contributed by atoms with Crippen LogP contribution >= 0.6 is 0 Å². The van der Waals surface area contributed by atoms with Gasteiger partial charge in [0.1, 0.15) is 12.2 Å². The first-order chi connectivity index (χ1) is 32.4. The van der Waals surface area contributed by atoms with Crippen LogP contribution in [-0.2, 0) is 19.0 Å². The number of fused-ring (bicyclic) bond motifs is 2. The summed E-state index contributed by atoms with van der Waals surface area (Å²) in [7, 11) is 2.93. The number of aliphatic hydroxyl groups excluding tert-OH is 10. The van der Waals surface area contributed by atoms with Gasteiger partial charge in [0.05, 0.1) is 61.0 Å². The lowest BCUT2D eigenvalue weighted by molar-refractivity contribution is -0.343. The van der Waals surface area contributed by atoms with E-state index in [1.165, 1.54) is 19.3 Å². The first-order valence-electron chi connectivity index (χ1n) is 25.7. The van der Waals surface area contributed by atoms with Gasteiger partial charge in [-0.2, -0.15) is 0 Å². The molecule has 402 valence electrons. The quantitative estimate of drug-likeness (QED) is 0.0439. The summed E-state index contributed by atoms with van der Waals surface area (Å²) in [6, 6.07) is 0. The molecule has 0 spiro atoms. The number of hydrogen-bond acceptors (Lipinski definition) is 15. The molecule has 2 bridgehead atoms. The van der Waals surface area contributed by atoms with E-state index in [1.54, 1.807) is 46.9 Å². The fraction of sp³-hybridized carbons (Fsp3) is 0.846. The van der Waals surface area contributed by atoms with E-state index in [0.29, 0.717) is 18.3 Å². The number of aliphatic hydroxyl groups is 10. The van der Waals surface area contributed by atoms with Crippen molar-refractivity contribution >= 4 is 11.9 Å². The van der Waals surface area contributed by atoms with Crippen LogP contribution in [0.15, 0.2) is 41.4 Å². The molecule has 0 aromatic rings. The predicted molar refractivity (Wildman–Crippen MR) is 266 cm³/mol. The van der Waals surface area contributed by atoms with Gasteiger partial charge in [-0.15, -0.1) is 0 Å². The van der Waals surface area contributed by atoms with E-state index in [2.05, 4.69) is 29.4 Å². The lowest BCUT2D eigenvalue weighted by atomic mass is 9.83. The van der Waals surface area contributed by atoms with Crippen LogP contribution in [0.1, 0.15) is 138 Å². The topological polar surface area (TPSA) is 297 Å². The van der Waals surface area contributed by atoms with Crippen LogP contribution in [0.3, 0.4) is 0 Å². The number of cyclic esters (lactones) is 1. The van der Waals surface area contributed by atoms with Gasteiger partial charge in [0.25, 0.3) is 0 Å². The third kappa shape index (κ3) is 22.0. The largest absolute Gasteiger partial charge is 0.458 e. The molecule has 2 aliphatic rings. The summed E-state index contributed by atoms with van der Waals surface area (Å²) in [6.45, 7) is 13.6. The summed E-state index contributed by atoms with van der Waals surface area (Å²) >= 11 is 0. The lowest BCUT2D eigenvalue weighted by Crippen LogP contribution is -2.60. The second-order valence-corrected chi connectivity index (χ2v) is 20.8. The molecule has 0 radical (unpaired) electrons. The van der Waals surface area contributed by atoms with Crippen LogP contribution in [0, 0.1) is 41.4 Å².